The van der Waals surface area contributed by atoms with Crippen molar-refractivity contribution in [2.24, 2.45) is 0 Å². The Morgan fingerprint density at radius 3 is 2.64 bits per heavy atom. The molecular weight excluding hydrogens is 334 g/mol. The van der Waals surface area contributed by atoms with Gasteiger partial charge in [0.05, 0.1) is 11.3 Å². The molecule has 5 nitrogen and oxygen atoms in total. The first-order valence-electron chi connectivity index (χ1n) is 8.65. The summed E-state index contributed by atoms with van der Waals surface area (Å²) in [5.74, 6) is 1.63. The van der Waals surface area contributed by atoms with Crippen molar-refractivity contribution in [2.45, 2.75) is 37.7 Å². The predicted octanol–water partition coefficient (Wildman–Crippen LogP) is 3.58. The Morgan fingerprint density at radius 1 is 1.20 bits per heavy atom. The normalized spacial score (nSPS) is 15.2. The highest BCUT2D eigenvalue weighted by atomic mass is 32.2. The van der Waals surface area contributed by atoms with Crippen LogP contribution < -0.4 is 4.74 Å². The van der Waals surface area contributed by atoms with Crippen LogP contribution >= 0.6 is 11.8 Å². The highest BCUT2D eigenvalue weighted by molar-refractivity contribution is 7.99. The van der Waals surface area contributed by atoms with Gasteiger partial charge >= 0.3 is 0 Å². The predicted molar refractivity (Wildman–Crippen MR) is 99.2 cm³/mol. The Labute approximate surface area is 152 Å². The second-order valence-electron chi connectivity index (χ2n) is 6.05. The van der Waals surface area contributed by atoms with Crippen molar-refractivity contribution in [1.82, 2.24) is 15.1 Å². The summed E-state index contributed by atoms with van der Waals surface area (Å²) in [6.07, 6.45) is 1.70. The lowest BCUT2D eigenvalue weighted by molar-refractivity contribution is 0.0583. The lowest BCUT2D eigenvalue weighted by atomic mass is 10.1. The Morgan fingerprint density at radius 2 is 1.96 bits per heavy atom. The van der Waals surface area contributed by atoms with Gasteiger partial charge in [0.25, 0.3) is 5.91 Å². The zero-order chi connectivity index (χ0) is 17.6. The summed E-state index contributed by atoms with van der Waals surface area (Å²) in [7, 11) is 0. The average Bonchev–Trinajstić information content (AvgIpc) is 2.64. The zero-order valence-electron chi connectivity index (χ0n) is 14.6. The molecule has 2 aromatic rings. The van der Waals surface area contributed by atoms with E-state index in [2.05, 4.69) is 17.1 Å². The molecule has 3 rings (SSSR count). The maximum Gasteiger partial charge on any atom is 0.254 e. The summed E-state index contributed by atoms with van der Waals surface area (Å²) in [4.78, 5) is 15.8. The van der Waals surface area contributed by atoms with E-state index in [-0.39, 0.29) is 12.0 Å². The van der Waals surface area contributed by atoms with E-state index in [4.69, 9.17) is 4.74 Å². The maximum absolute atomic E-state index is 12.8. The minimum atomic E-state index is 0.0846. The molecule has 1 aromatic heterocycles. The van der Waals surface area contributed by atoms with Gasteiger partial charge in [0.1, 0.15) is 6.10 Å². The number of aromatic nitrogens is 2. The first kappa shape index (κ1) is 17.7. The van der Waals surface area contributed by atoms with Crippen LogP contribution in [0.15, 0.2) is 41.3 Å². The van der Waals surface area contributed by atoms with Crippen molar-refractivity contribution in [1.29, 1.82) is 0 Å². The van der Waals surface area contributed by atoms with Gasteiger partial charge in [-0.25, -0.2) is 0 Å². The number of amides is 1. The lowest BCUT2D eigenvalue weighted by Crippen LogP contribution is -2.42. The summed E-state index contributed by atoms with van der Waals surface area (Å²) in [6.45, 7) is 5.40. The summed E-state index contributed by atoms with van der Waals surface area (Å²) >= 11 is 1.71. The third kappa shape index (κ3) is 4.51. The van der Waals surface area contributed by atoms with E-state index < -0.39 is 0 Å². The number of benzene rings is 1. The van der Waals surface area contributed by atoms with Gasteiger partial charge in [0.2, 0.25) is 5.88 Å². The number of hydrogen-bond acceptors (Lipinski definition) is 5. The van der Waals surface area contributed by atoms with E-state index in [0.717, 1.165) is 34.7 Å². The van der Waals surface area contributed by atoms with Gasteiger partial charge in [-0.15, -0.1) is 16.9 Å². The maximum atomic E-state index is 12.8. The molecule has 0 spiro atoms. The fraction of sp³-hybridized carbons (Fsp3) is 0.421. The number of nitrogens with zero attached hydrogens (tertiary/aromatic N) is 3. The Balaban J connectivity index is 1.58. The third-order valence-corrected chi connectivity index (χ3v) is 5.16. The smallest absolute Gasteiger partial charge is 0.254 e. The van der Waals surface area contributed by atoms with E-state index >= 15 is 0 Å². The van der Waals surface area contributed by atoms with Gasteiger partial charge in [-0.05, 0) is 30.9 Å². The first-order valence-corrected chi connectivity index (χ1v) is 9.64. The van der Waals surface area contributed by atoms with Crippen LogP contribution in [-0.2, 0) is 0 Å². The van der Waals surface area contributed by atoms with E-state index in [0.29, 0.717) is 19.0 Å². The van der Waals surface area contributed by atoms with Gasteiger partial charge in [0, 0.05) is 36.9 Å². The largest absolute Gasteiger partial charge is 0.473 e. The second-order valence-corrected chi connectivity index (χ2v) is 7.36. The van der Waals surface area contributed by atoms with Gasteiger partial charge in [-0.1, -0.05) is 19.1 Å². The number of ether oxygens (including phenoxy) is 1. The topological polar surface area (TPSA) is 55.3 Å². The molecule has 0 radical (unpaired) electrons. The average molecular weight is 357 g/mol. The number of aryl methyl sites for hydroxylation is 1. The highest BCUT2D eigenvalue weighted by Crippen LogP contribution is 2.25. The Hall–Kier alpha value is -2.08. The van der Waals surface area contributed by atoms with Crippen molar-refractivity contribution in [3.8, 4) is 5.88 Å². The van der Waals surface area contributed by atoms with Crippen LogP contribution in [-0.4, -0.2) is 46.0 Å². The Kier molecular flexibility index (Phi) is 5.91. The van der Waals surface area contributed by atoms with Crippen LogP contribution in [0.25, 0.3) is 0 Å². The molecule has 0 bridgehead atoms. The zero-order valence-corrected chi connectivity index (χ0v) is 15.5. The van der Waals surface area contributed by atoms with Crippen molar-refractivity contribution >= 4 is 17.7 Å². The molecular formula is C19H23N3O2S. The lowest BCUT2D eigenvalue weighted by Gasteiger charge is -2.32. The second kappa shape index (κ2) is 8.34. The van der Waals surface area contributed by atoms with Crippen LogP contribution in [0.4, 0.5) is 0 Å². The van der Waals surface area contributed by atoms with Gasteiger partial charge < -0.3 is 9.64 Å². The number of carbonyl (C=O) groups excluding carboxylic acids is 1. The molecule has 1 aromatic carbocycles. The summed E-state index contributed by atoms with van der Waals surface area (Å²) < 4.78 is 5.89. The van der Waals surface area contributed by atoms with Crippen LogP contribution in [0.1, 0.15) is 35.8 Å². The summed E-state index contributed by atoms with van der Waals surface area (Å²) in [6, 6.07) is 11.6. The molecule has 1 fully saturated rings. The quantitative estimate of drug-likeness (QED) is 0.766. The number of piperidine rings is 1. The van der Waals surface area contributed by atoms with Crippen LogP contribution in [0.3, 0.4) is 0 Å². The van der Waals surface area contributed by atoms with Gasteiger partial charge in [-0.3, -0.25) is 4.79 Å². The monoisotopic (exact) mass is 357 g/mol. The molecule has 1 aliphatic heterocycles. The van der Waals surface area contributed by atoms with Crippen molar-refractivity contribution < 1.29 is 9.53 Å². The summed E-state index contributed by atoms with van der Waals surface area (Å²) in [5, 5.41) is 8.06. The fourth-order valence-electron chi connectivity index (χ4n) is 2.89. The molecule has 132 valence electrons. The molecule has 0 atom stereocenters. The van der Waals surface area contributed by atoms with E-state index in [1.807, 2.05) is 48.2 Å². The summed E-state index contributed by atoms with van der Waals surface area (Å²) in [5.41, 5.74) is 1.68. The number of rotatable bonds is 5. The Bertz CT molecular complexity index is 713. The number of thioether (sulfide) groups is 1. The van der Waals surface area contributed by atoms with Gasteiger partial charge in [0.15, 0.2) is 0 Å². The molecule has 2 heterocycles. The number of hydrogen-bond donors (Lipinski definition) is 0. The van der Waals surface area contributed by atoms with Crippen molar-refractivity contribution in [2.75, 3.05) is 18.8 Å². The molecule has 0 aliphatic carbocycles. The van der Waals surface area contributed by atoms with Crippen molar-refractivity contribution in [3.63, 3.8) is 0 Å². The third-order valence-electron chi connectivity index (χ3n) is 4.21. The number of carbonyl (C=O) groups is 1. The molecule has 1 amide bonds. The number of likely N-dealkylation sites (tertiary alicyclic amines) is 1. The molecule has 25 heavy (non-hydrogen) atoms. The van der Waals surface area contributed by atoms with Crippen LogP contribution in [0, 0.1) is 6.92 Å². The first-order chi connectivity index (χ1) is 12.2. The molecule has 0 saturated carbocycles. The molecule has 0 unspecified atom stereocenters. The van der Waals surface area contributed by atoms with Crippen LogP contribution in [0.2, 0.25) is 0 Å². The van der Waals surface area contributed by atoms with E-state index in [1.54, 1.807) is 11.8 Å². The fourth-order valence-corrected chi connectivity index (χ4v) is 3.69. The van der Waals surface area contributed by atoms with Crippen molar-refractivity contribution in [3.05, 3.63) is 47.7 Å². The minimum Gasteiger partial charge on any atom is -0.473 e. The highest BCUT2D eigenvalue weighted by Gasteiger charge is 2.26. The van der Waals surface area contributed by atoms with Gasteiger partial charge in [-0.2, -0.15) is 5.10 Å². The SMILES string of the molecule is CCSc1ccccc1C(=O)N1CCC(Oc2ccc(C)nn2)CC1. The molecule has 6 heteroatoms. The van der Waals surface area contributed by atoms with E-state index in [9.17, 15) is 4.79 Å². The minimum absolute atomic E-state index is 0.0846. The molecule has 1 aliphatic rings. The van der Waals surface area contributed by atoms with Crippen LogP contribution in [0.5, 0.6) is 5.88 Å². The molecule has 0 N–H and O–H groups in total. The van der Waals surface area contributed by atoms with E-state index in [1.165, 1.54) is 0 Å². The standard InChI is InChI=1S/C19H23N3O2S/c1-3-25-17-7-5-4-6-16(17)19(23)22-12-10-15(11-13-22)24-18-9-8-14(2)20-21-18/h4-9,15H,3,10-13H2,1-2H3. The molecule has 1 saturated heterocycles.